The van der Waals surface area contributed by atoms with Crippen molar-refractivity contribution in [3.63, 3.8) is 0 Å². The average Bonchev–Trinajstić information content (AvgIpc) is 3.32. The molecule has 2 aromatic heterocycles. The Morgan fingerprint density at radius 2 is 1.76 bits per heavy atom. The summed E-state index contributed by atoms with van der Waals surface area (Å²) in [4.78, 5) is 4.14. The molecule has 2 heterocycles. The standard InChI is InChI=1S/C20H14F2N2O4S/c21-15-6-3-5-13(10-15)19-23-20(28-24-19)18-9-8-16(27-18)12-29(25,26)11-14-4-1-2-7-17(14)22/h1-10H,11-12H2. The highest BCUT2D eigenvalue weighted by Crippen LogP contribution is 2.25. The van der Waals surface area contributed by atoms with Gasteiger partial charge in [0, 0.05) is 11.1 Å². The van der Waals surface area contributed by atoms with Gasteiger partial charge < -0.3 is 8.94 Å². The van der Waals surface area contributed by atoms with Gasteiger partial charge >= 0.3 is 0 Å². The molecule has 0 N–H and O–H groups in total. The molecule has 0 aliphatic heterocycles. The lowest BCUT2D eigenvalue weighted by Gasteiger charge is -2.04. The van der Waals surface area contributed by atoms with Crippen molar-refractivity contribution in [1.29, 1.82) is 0 Å². The van der Waals surface area contributed by atoms with E-state index in [1.54, 1.807) is 12.1 Å². The van der Waals surface area contributed by atoms with E-state index in [-0.39, 0.29) is 28.8 Å². The van der Waals surface area contributed by atoms with E-state index in [0.717, 1.165) is 0 Å². The van der Waals surface area contributed by atoms with Crippen LogP contribution >= 0.6 is 0 Å². The number of halogens is 2. The van der Waals surface area contributed by atoms with E-state index in [9.17, 15) is 17.2 Å². The quantitative estimate of drug-likeness (QED) is 0.463. The molecule has 0 bridgehead atoms. The fourth-order valence-corrected chi connectivity index (χ4v) is 4.16. The zero-order chi connectivity index (χ0) is 20.4. The molecular weight excluding hydrogens is 402 g/mol. The zero-order valence-corrected chi connectivity index (χ0v) is 15.7. The van der Waals surface area contributed by atoms with Crippen LogP contribution in [0.3, 0.4) is 0 Å². The Labute approximate surface area is 164 Å². The Bertz CT molecular complexity index is 1260. The lowest BCUT2D eigenvalue weighted by atomic mass is 10.2. The van der Waals surface area contributed by atoms with Gasteiger partial charge in [-0.3, -0.25) is 0 Å². The normalized spacial score (nSPS) is 11.7. The predicted molar refractivity (Wildman–Crippen MR) is 100 cm³/mol. The van der Waals surface area contributed by atoms with Crippen LogP contribution in [0.4, 0.5) is 8.78 Å². The molecule has 9 heteroatoms. The molecule has 0 amide bonds. The highest BCUT2D eigenvalue weighted by molar-refractivity contribution is 7.89. The molecule has 0 aliphatic rings. The minimum Gasteiger partial charge on any atom is -0.455 e. The molecular formula is C20H14F2N2O4S. The van der Waals surface area contributed by atoms with Crippen LogP contribution in [0.15, 0.2) is 69.6 Å². The number of hydrogen-bond acceptors (Lipinski definition) is 6. The molecule has 4 aromatic rings. The SMILES string of the molecule is O=S(=O)(Cc1ccc(-c2nc(-c3cccc(F)c3)no2)o1)Cc1ccccc1F. The smallest absolute Gasteiger partial charge is 0.293 e. The zero-order valence-electron chi connectivity index (χ0n) is 14.9. The first-order valence-corrected chi connectivity index (χ1v) is 10.3. The Morgan fingerprint density at radius 3 is 2.55 bits per heavy atom. The first-order chi connectivity index (χ1) is 13.9. The average molecular weight is 416 g/mol. The van der Waals surface area contributed by atoms with Crippen LogP contribution < -0.4 is 0 Å². The molecule has 0 saturated heterocycles. The van der Waals surface area contributed by atoms with Crippen LogP contribution in [0.25, 0.3) is 23.0 Å². The van der Waals surface area contributed by atoms with Gasteiger partial charge in [-0.2, -0.15) is 4.98 Å². The second-order valence-corrected chi connectivity index (χ2v) is 8.39. The summed E-state index contributed by atoms with van der Waals surface area (Å²) in [6.07, 6.45) is 0. The van der Waals surface area contributed by atoms with E-state index in [4.69, 9.17) is 8.94 Å². The molecule has 0 aliphatic carbocycles. The van der Waals surface area contributed by atoms with Gasteiger partial charge in [0.1, 0.15) is 23.1 Å². The third-order valence-electron chi connectivity index (χ3n) is 4.08. The number of nitrogens with zero attached hydrogens (tertiary/aromatic N) is 2. The number of furan rings is 1. The highest BCUT2D eigenvalue weighted by Gasteiger charge is 2.20. The molecule has 0 saturated carbocycles. The van der Waals surface area contributed by atoms with Crippen LogP contribution in [0.2, 0.25) is 0 Å². The minimum atomic E-state index is -3.66. The lowest BCUT2D eigenvalue weighted by Crippen LogP contribution is -2.08. The maximum Gasteiger partial charge on any atom is 0.293 e. The molecule has 29 heavy (non-hydrogen) atoms. The Morgan fingerprint density at radius 1 is 0.931 bits per heavy atom. The van der Waals surface area contributed by atoms with Crippen molar-refractivity contribution in [2.45, 2.75) is 11.5 Å². The van der Waals surface area contributed by atoms with Crippen LogP contribution in [0, 0.1) is 11.6 Å². The molecule has 0 unspecified atom stereocenters. The fourth-order valence-electron chi connectivity index (χ4n) is 2.76. The molecule has 148 valence electrons. The van der Waals surface area contributed by atoms with Gasteiger partial charge in [0.15, 0.2) is 15.6 Å². The first kappa shape index (κ1) is 19.0. The summed E-state index contributed by atoms with van der Waals surface area (Å²) in [7, 11) is -3.66. The third-order valence-corrected chi connectivity index (χ3v) is 5.55. The predicted octanol–water partition coefficient (Wildman–Crippen LogP) is 4.39. The van der Waals surface area contributed by atoms with Gasteiger partial charge in [0.2, 0.25) is 5.82 Å². The topological polar surface area (TPSA) is 86.2 Å². The van der Waals surface area contributed by atoms with Crippen LogP contribution in [-0.2, 0) is 21.3 Å². The van der Waals surface area contributed by atoms with Crippen molar-refractivity contribution in [3.8, 4) is 23.0 Å². The Balaban J connectivity index is 1.51. The van der Waals surface area contributed by atoms with E-state index < -0.39 is 33.0 Å². The van der Waals surface area contributed by atoms with Crippen LogP contribution in [-0.4, -0.2) is 18.6 Å². The summed E-state index contributed by atoms with van der Waals surface area (Å²) in [6, 6.07) is 14.4. The molecule has 6 nitrogen and oxygen atoms in total. The molecule has 0 spiro atoms. The van der Waals surface area contributed by atoms with Gasteiger partial charge in [-0.15, -0.1) is 0 Å². The van der Waals surface area contributed by atoms with Crippen molar-refractivity contribution < 1.29 is 26.1 Å². The summed E-state index contributed by atoms with van der Waals surface area (Å²) >= 11 is 0. The van der Waals surface area contributed by atoms with E-state index in [2.05, 4.69) is 10.1 Å². The van der Waals surface area contributed by atoms with E-state index >= 15 is 0 Å². The maximum absolute atomic E-state index is 13.7. The first-order valence-electron chi connectivity index (χ1n) is 8.52. The summed E-state index contributed by atoms with van der Waals surface area (Å²) in [6.45, 7) is 0. The van der Waals surface area contributed by atoms with Crippen molar-refractivity contribution in [1.82, 2.24) is 10.1 Å². The lowest BCUT2D eigenvalue weighted by molar-refractivity contribution is 0.413. The van der Waals surface area contributed by atoms with E-state index in [0.29, 0.717) is 5.56 Å². The van der Waals surface area contributed by atoms with Gasteiger partial charge in [-0.25, -0.2) is 17.2 Å². The second-order valence-electron chi connectivity index (χ2n) is 6.32. The van der Waals surface area contributed by atoms with Crippen molar-refractivity contribution in [2.24, 2.45) is 0 Å². The largest absolute Gasteiger partial charge is 0.455 e. The molecule has 0 radical (unpaired) electrons. The molecule has 0 fully saturated rings. The summed E-state index contributed by atoms with van der Waals surface area (Å²) < 4.78 is 62.4. The van der Waals surface area contributed by atoms with Crippen LogP contribution in [0.1, 0.15) is 11.3 Å². The third kappa shape index (κ3) is 4.40. The van der Waals surface area contributed by atoms with Gasteiger partial charge in [0.05, 0.1) is 5.75 Å². The molecule has 2 aromatic carbocycles. The highest BCUT2D eigenvalue weighted by atomic mass is 32.2. The fraction of sp³-hybridized carbons (Fsp3) is 0.100. The van der Waals surface area contributed by atoms with Gasteiger partial charge in [0.25, 0.3) is 5.89 Å². The maximum atomic E-state index is 13.7. The number of aromatic nitrogens is 2. The summed E-state index contributed by atoms with van der Waals surface area (Å²) in [5, 5.41) is 3.78. The van der Waals surface area contributed by atoms with Crippen molar-refractivity contribution in [3.05, 3.63) is 83.6 Å². The van der Waals surface area contributed by atoms with Gasteiger partial charge in [-0.05, 0) is 30.3 Å². The van der Waals surface area contributed by atoms with Crippen molar-refractivity contribution >= 4 is 9.84 Å². The summed E-state index contributed by atoms with van der Waals surface area (Å²) in [5.41, 5.74) is 0.523. The molecule has 0 atom stereocenters. The van der Waals surface area contributed by atoms with E-state index in [1.807, 2.05) is 0 Å². The van der Waals surface area contributed by atoms with E-state index in [1.165, 1.54) is 48.5 Å². The second kappa shape index (κ2) is 7.59. The minimum absolute atomic E-state index is 0.0296. The van der Waals surface area contributed by atoms with Crippen LogP contribution in [0.5, 0.6) is 0 Å². The molecule has 4 rings (SSSR count). The Kier molecular flexibility index (Phi) is 4.98. The number of sulfone groups is 1. The van der Waals surface area contributed by atoms with Crippen molar-refractivity contribution in [2.75, 3.05) is 0 Å². The summed E-state index contributed by atoms with van der Waals surface area (Å²) in [5.74, 6) is -1.34. The number of rotatable bonds is 6. The monoisotopic (exact) mass is 416 g/mol. The number of benzene rings is 2. The number of hydrogen-bond donors (Lipinski definition) is 0. The van der Waals surface area contributed by atoms with Gasteiger partial charge in [-0.1, -0.05) is 35.5 Å². The Hall–Kier alpha value is -3.33.